The summed E-state index contributed by atoms with van der Waals surface area (Å²) in [6, 6.07) is 9.04. The first-order chi connectivity index (χ1) is 14.2. The van der Waals surface area contributed by atoms with Gasteiger partial charge in [0.15, 0.2) is 0 Å². The molecule has 1 spiro atoms. The van der Waals surface area contributed by atoms with Gasteiger partial charge in [0.2, 0.25) is 5.91 Å². The Bertz CT molecular complexity index is 772. The Kier molecular flexibility index (Phi) is 5.00. The van der Waals surface area contributed by atoms with Crippen LogP contribution in [0.4, 0.5) is 4.79 Å². The lowest BCUT2D eigenvalue weighted by molar-refractivity contribution is -0.130. The number of carbonyl (C=O) groups is 2. The Hall–Kier alpha value is -2.04. The van der Waals surface area contributed by atoms with Gasteiger partial charge in [-0.3, -0.25) is 4.79 Å². The third kappa shape index (κ3) is 3.43. The summed E-state index contributed by atoms with van der Waals surface area (Å²) in [5.74, 6) is 0.668. The minimum atomic E-state index is 0.147. The molecule has 4 aliphatic rings. The van der Waals surface area contributed by atoms with Crippen LogP contribution in [0.3, 0.4) is 0 Å². The molecule has 5 rings (SSSR count). The summed E-state index contributed by atoms with van der Waals surface area (Å²) in [6.45, 7) is 5.40. The van der Waals surface area contributed by atoms with E-state index in [0.717, 1.165) is 84.2 Å². The Morgan fingerprint density at radius 3 is 2.10 bits per heavy atom. The quantitative estimate of drug-likeness (QED) is 0.766. The number of amides is 3. The zero-order valence-corrected chi connectivity index (χ0v) is 17.4. The number of carbonyl (C=O) groups excluding carboxylic acids is 2. The third-order valence-electron chi connectivity index (χ3n) is 7.86. The molecule has 29 heavy (non-hydrogen) atoms. The first-order valence-corrected chi connectivity index (χ1v) is 11.6. The zero-order valence-electron chi connectivity index (χ0n) is 17.4. The Morgan fingerprint density at radius 2 is 1.41 bits per heavy atom. The first kappa shape index (κ1) is 19.0. The van der Waals surface area contributed by atoms with Crippen molar-refractivity contribution in [2.45, 2.75) is 62.7 Å². The molecule has 1 aromatic rings. The molecule has 0 aromatic heterocycles. The highest BCUT2D eigenvalue weighted by Gasteiger charge is 2.46. The van der Waals surface area contributed by atoms with Gasteiger partial charge >= 0.3 is 6.03 Å². The molecule has 0 bridgehead atoms. The topological polar surface area (TPSA) is 43.9 Å². The average Bonchev–Trinajstić information content (AvgIpc) is 3.51. The number of fused-ring (bicyclic) bond motifs is 2. The molecule has 3 aliphatic heterocycles. The number of hydrogen-bond acceptors (Lipinski definition) is 2. The number of urea groups is 1. The van der Waals surface area contributed by atoms with Gasteiger partial charge in [-0.25, -0.2) is 4.79 Å². The van der Waals surface area contributed by atoms with E-state index in [2.05, 4.69) is 34.1 Å². The molecule has 5 heteroatoms. The molecule has 1 aliphatic carbocycles. The molecule has 5 nitrogen and oxygen atoms in total. The predicted octanol–water partition coefficient (Wildman–Crippen LogP) is 3.74. The maximum Gasteiger partial charge on any atom is 0.319 e. The van der Waals surface area contributed by atoms with Crippen LogP contribution in [0.15, 0.2) is 24.3 Å². The normalized spacial score (nSPS) is 25.7. The van der Waals surface area contributed by atoms with E-state index in [4.69, 9.17) is 0 Å². The van der Waals surface area contributed by atoms with Gasteiger partial charge in [-0.2, -0.15) is 0 Å². The minimum absolute atomic E-state index is 0.147. The van der Waals surface area contributed by atoms with Crippen LogP contribution in [0.2, 0.25) is 0 Å². The second-order valence-electron chi connectivity index (χ2n) is 9.52. The van der Waals surface area contributed by atoms with Gasteiger partial charge in [0, 0.05) is 45.7 Å². The van der Waals surface area contributed by atoms with Crippen molar-refractivity contribution in [2.24, 2.45) is 0 Å². The van der Waals surface area contributed by atoms with Gasteiger partial charge in [0.1, 0.15) is 0 Å². The van der Waals surface area contributed by atoms with E-state index in [-0.39, 0.29) is 11.4 Å². The van der Waals surface area contributed by atoms with Crippen LogP contribution in [-0.2, 0) is 10.2 Å². The van der Waals surface area contributed by atoms with Crippen molar-refractivity contribution in [1.82, 2.24) is 14.7 Å². The van der Waals surface area contributed by atoms with Crippen LogP contribution in [-0.4, -0.2) is 65.9 Å². The summed E-state index contributed by atoms with van der Waals surface area (Å²) < 4.78 is 0. The average molecular weight is 396 g/mol. The van der Waals surface area contributed by atoms with Gasteiger partial charge in [0.05, 0.1) is 0 Å². The lowest BCUT2D eigenvalue weighted by Gasteiger charge is -2.41. The van der Waals surface area contributed by atoms with Gasteiger partial charge in [-0.15, -0.1) is 0 Å². The molecule has 0 unspecified atom stereocenters. The molecule has 3 fully saturated rings. The number of nitrogens with zero attached hydrogens (tertiary/aromatic N) is 3. The van der Waals surface area contributed by atoms with Gasteiger partial charge in [-0.1, -0.05) is 24.3 Å². The van der Waals surface area contributed by atoms with Crippen LogP contribution in [0.1, 0.15) is 68.4 Å². The van der Waals surface area contributed by atoms with Crippen LogP contribution in [0.25, 0.3) is 0 Å². The van der Waals surface area contributed by atoms with Crippen molar-refractivity contribution < 1.29 is 9.59 Å². The van der Waals surface area contributed by atoms with Gasteiger partial charge in [0.25, 0.3) is 0 Å². The molecule has 3 saturated heterocycles. The SMILES string of the molecule is O=C(C[C@@H]1CC2(CCN(C(=O)N3CCCC3)CC2)c2ccccc21)N1CCCC1. The Morgan fingerprint density at radius 1 is 0.828 bits per heavy atom. The smallest absolute Gasteiger partial charge is 0.319 e. The summed E-state index contributed by atoms with van der Waals surface area (Å²) >= 11 is 0. The number of likely N-dealkylation sites (tertiary alicyclic amines) is 3. The van der Waals surface area contributed by atoms with Crippen molar-refractivity contribution in [3.8, 4) is 0 Å². The summed E-state index contributed by atoms with van der Waals surface area (Å²) in [6.07, 6.45) is 8.35. The maximum atomic E-state index is 12.8. The highest BCUT2D eigenvalue weighted by molar-refractivity contribution is 5.78. The number of rotatable bonds is 2. The van der Waals surface area contributed by atoms with E-state index in [1.807, 2.05) is 4.90 Å². The molecule has 3 amide bonds. The lowest BCUT2D eigenvalue weighted by Crippen LogP contribution is -2.49. The zero-order chi connectivity index (χ0) is 19.8. The molecule has 0 N–H and O–H groups in total. The highest BCUT2D eigenvalue weighted by atomic mass is 16.2. The van der Waals surface area contributed by atoms with Crippen molar-refractivity contribution >= 4 is 11.9 Å². The van der Waals surface area contributed by atoms with Crippen LogP contribution in [0, 0.1) is 0 Å². The van der Waals surface area contributed by atoms with Crippen molar-refractivity contribution in [1.29, 1.82) is 0 Å². The van der Waals surface area contributed by atoms with E-state index in [1.54, 1.807) is 0 Å². The van der Waals surface area contributed by atoms with E-state index >= 15 is 0 Å². The molecular formula is C24H33N3O2. The molecule has 1 aromatic carbocycles. The van der Waals surface area contributed by atoms with Crippen molar-refractivity contribution in [3.05, 3.63) is 35.4 Å². The van der Waals surface area contributed by atoms with Crippen LogP contribution in [0.5, 0.6) is 0 Å². The monoisotopic (exact) mass is 395 g/mol. The summed E-state index contributed by atoms with van der Waals surface area (Å²) in [5.41, 5.74) is 2.99. The molecule has 156 valence electrons. The third-order valence-corrected chi connectivity index (χ3v) is 7.86. The second-order valence-corrected chi connectivity index (χ2v) is 9.52. The molecular weight excluding hydrogens is 362 g/mol. The summed E-state index contributed by atoms with van der Waals surface area (Å²) in [5, 5.41) is 0. The van der Waals surface area contributed by atoms with Gasteiger partial charge < -0.3 is 14.7 Å². The van der Waals surface area contributed by atoms with E-state index < -0.39 is 0 Å². The van der Waals surface area contributed by atoms with Crippen molar-refractivity contribution in [3.63, 3.8) is 0 Å². The number of piperidine rings is 1. The molecule has 3 heterocycles. The van der Waals surface area contributed by atoms with Crippen LogP contribution >= 0.6 is 0 Å². The number of hydrogen-bond donors (Lipinski definition) is 0. The Balaban J connectivity index is 1.29. The van der Waals surface area contributed by atoms with E-state index in [9.17, 15) is 9.59 Å². The largest absolute Gasteiger partial charge is 0.343 e. The van der Waals surface area contributed by atoms with Crippen LogP contribution < -0.4 is 0 Å². The second kappa shape index (κ2) is 7.66. The first-order valence-electron chi connectivity index (χ1n) is 11.6. The fourth-order valence-electron chi connectivity index (χ4n) is 6.22. The maximum absolute atomic E-state index is 12.8. The van der Waals surface area contributed by atoms with Gasteiger partial charge in [-0.05, 0) is 67.4 Å². The summed E-state index contributed by atoms with van der Waals surface area (Å²) in [4.78, 5) is 31.8. The predicted molar refractivity (Wildman–Crippen MR) is 113 cm³/mol. The van der Waals surface area contributed by atoms with Crippen molar-refractivity contribution in [2.75, 3.05) is 39.3 Å². The number of benzene rings is 1. The molecule has 0 saturated carbocycles. The minimum Gasteiger partial charge on any atom is -0.343 e. The Labute approximate surface area is 174 Å². The van der Waals surface area contributed by atoms with E-state index in [1.165, 1.54) is 11.1 Å². The standard InChI is InChI=1S/C24H33N3O2/c28-22(25-11-3-4-12-25)17-19-18-24(21-8-2-1-7-20(19)21)9-15-27(16-10-24)23(29)26-13-5-6-14-26/h1-2,7-8,19H,3-6,9-18H2/t19-/m1/s1. The summed E-state index contributed by atoms with van der Waals surface area (Å²) in [7, 11) is 0. The lowest BCUT2D eigenvalue weighted by atomic mass is 9.73. The molecule has 1 atom stereocenters. The highest BCUT2D eigenvalue weighted by Crippen LogP contribution is 2.52. The fraction of sp³-hybridized carbons (Fsp3) is 0.667. The molecule has 0 radical (unpaired) electrons. The fourth-order valence-corrected chi connectivity index (χ4v) is 6.22. The van der Waals surface area contributed by atoms with E-state index in [0.29, 0.717) is 18.2 Å².